The molecule has 1 saturated carbocycles. The third-order valence-electron chi connectivity index (χ3n) is 2.21. The van der Waals surface area contributed by atoms with E-state index in [1.807, 2.05) is 6.92 Å². The molecule has 70 valence electrons. The highest BCUT2D eigenvalue weighted by molar-refractivity contribution is 7.16. The van der Waals surface area contributed by atoms with E-state index in [-0.39, 0.29) is 5.91 Å². The molecule has 0 radical (unpaired) electrons. The van der Waals surface area contributed by atoms with E-state index in [9.17, 15) is 4.79 Å². The quantitative estimate of drug-likeness (QED) is 0.772. The summed E-state index contributed by atoms with van der Waals surface area (Å²) in [5.41, 5.74) is 1.20. The molecule has 1 amide bonds. The van der Waals surface area contributed by atoms with Crippen molar-refractivity contribution in [2.24, 2.45) is 0 Å². The SMILES string of the molecule is CC(=O)Nc1sc(C2CC2)cc1C. The van der Waals surface area contributed by atoms with Crippen molar-refractivity contribution < 1.29 is 4.79 Å². The number of carbonyl (C=O) groups excluding carboxylic acids is 1. The number of amides is 1. The van der Waals surface area contributed by atoms with E-state index in [0.29, 0.717) is 0 Å². The maximum absolute atomic E-state index is 10.9. The Labute approximate surface area is 82.0 Å². The van der Waals surface area contributed by atoms with Gasteiger partial charge in [-0.05, 0) is 37.3 Å². The molecule has 1 aromatic heterocycles. The van der Waals surface area contributed by atoms with E-state index in [1.54, 1.807) is 18.3 Å². The third-order valence-corrected chi connectivity index (χ3v) is 3.52. The number of hydrogen-bond donors (Lipinski definition) is 1. The normalized spacial score (nSPS) is 15.8. The van der Waals surface area contributed by atoms with Gasteiger partial charge in [0.25, 0.3) is 0 Å². The van der Waals surface area contributed by atoms with Crippen LogP contribution in [0.5, 0.6) is 0 Å². The molecule has 1 fully saturated rings. The van der Waals surface area contributed by atoms with Crippen LogP contribution >= 0.6 is 11.3 Å². The van der Waals surface area contributed by atoms with Crippen LogP contribution in [0.25, 0.3) is 0 Å². The largest absolute Gasteiger partial charge is 0.318 e. The van der Waals surface area contributed by atoms with Gasteiger partial charge in [0, 0.05) is 11.8 Å². The minimum atomic E-state index is 0.0206. The van der Waals surface area contributed by atoms with Crippen molar-refractivity contribution in [3.05, 3.63) is 16.5 Å². The molecule has 1 aromatic rings. The number of aryl methyl sites for hydroxylation is 1. The van der Waals surface area contributed by atoms with Crippen molar-refractivity contribution in [2.45, 2.75) is 32.6 Å². The number of anilines is 1. The Morgan fingerprint density at radius 2 is 2.31 bits per heavy atom. The summed E-state index contributed by atoms with van der Waals surface area (Å²) in [5.74, 6) is 0.804. The van der Waals surface area contributed by atoms with Gasteiger partial charge in [0.2, 0.25) is 5.91 Å². The topological polar surface area (TPSA) is 29.1 Å². The fourth-order valence-electron chi connectivity index (χ4n) is 1.36. The lowest BCUT2D eigenvalue weighted by atomic mass is 10.2. The standard InChI is InChI=1S/C10H13NOS/c1-6-5-9(8-3-4-8)13-10(6)11-7(2)12/h5,8H,3-4H2,1-2H3,(H,11,12). The molecule has 0 bridgehead atoms. The molecule has 0 aliphatic heterocycles. The van der Waals surface area contributed by atoms with Crippen LogP contribution in [0.1, 0.15) is 36.1 Å². The van der Waals surface area contributed by atoms with Crippen LogP contribution < -0.4 is 5.32 Å². The number of rotatable bonds is 2. The van der Waals surface area contributed by atoms with Gasteiger partial charge < -0.3 is 5.32 Å². The highest BCUT2D eigenvalue weighted by atomic mass is 32.1. The smallest absolute Gasteiger partial charge is 0.221 e. The fraction of sp³-hybridized carbons (Fsp3) is 0.500. The van der Waals surface area contributed by atoms with E-state index in [2.05, 4.69) is 11.4 Å². The fourth-order valence-corrected chi connectivity index (χ4v) is 2.65. The second-order valence-corrected chi connectivity index (χ2v) is 4.70. The third kappa shape index (κ3) is 1.91. The van der Waals surface area contributed by atoms with Crippen molar-refractivity contribution in [3.8, 4) is 0 Å². The second kappa shape index (κ2) is 3.14. The zero-order valence-electron chi connectivity index (χ0n) is 7.89. The van der Waals surface area contributed by atoms with Gasteiger partial charge in [-0.1, -0.05) is 0 Å². The van der Waals surface area contributed by atoms with Crippen molar-refractivity contribution in [1.29, 1.82) is 0 Å². The number of nitrogens with one attached hydrogen (secondary N) is 1. The van der Waals surface area contributed by atoms with E-state index >= 15 is 0 Å². The summed E-state index contributed by atoms with van der Waals surface area (Å²) < 4.78 is 0. The lowest BCUT2D eigenvalue weighted by molar-refractivity contribution is -0.114. The highest BCUT2D eigenvalue weighted by Gasteiger charge is 2.26. The van der Waals surface area contributed by atoms with Crippen molar-refractivity contribution in [2.75, 3.05) is 5.32 Å². The summed E-state index contributed by atoms with van der Waals surface area (Å²) in [6.07, 6.45) is 2.64. The Morgan fingerprint density at radius 3 is 2.85 bits per heavy atom. The molecular formula is C10H13NOS. The van der Waals surface area contributed by atoms with E-state index < -0.39 is 0 Å². The van der Waals surface area contributed by atoms with Crippen LogP contribution in [-0.2, 0) is 4.79 Å². The molecule has 13 heavy (non-hydrogen) atoms. The van der Waals surface area contributed by atoms with Crippen LogP contribution in [-0.4, -0.2) is 5.91 Å². The Balaban J connectivity index is 2.19. The molecule has 1 aliphatic carbocycles. The summed E-state index contributed by atoms with van der Waals surface area (Å²) >= 11 is 1.73. The Bertz CT molecular complexity index is 339. The summed E-state index contributed by atoms with van der Waals surface area (Å²) in [6.45, 7) is 3.60. The van der Waals surface area contributed by atoms with Gasteiger partial charge in [-0.3, -0.25) is 4.79 Å². The van der Waals surface area contributed by atoms with Gasteiger partial charge in [0.1, 0.15) is 0 Å². The summed E-state index contributed by atoms with van der Waals surface area (Å²) in [6, 6.07) is 2.20. The van der Waals surface area contributed by atoms with Crippen molar-refractivity contribution in [3.63, 3.8) is 0 Å². The van der Waals surface area contributed by atoms with Gasteiger partial charge in [-0.25, -0.2) is 0 Å². The van der Waals surface area contributed by atoms with Gasteiger partial charge in [-0.15, -0.1) is 11.3 Å². The van der Waals surface area contributed by atoms with Crippen LogP contribution in [0, 0.1) is 6.92 Å². The van der Waals surface area contributed by atoms with E-state index in [1.165, 1.54) is 23.3 Å². The first-order valence-corrected chi connectivity index (χ1v) is 5.36. The number of hydrogen-bond acceptors (Lipinski definition) is 2. The van der Waals surface area contributed by atoms with Crippen LogP contribution in [0.2, 0.25) is 0 Å². The Hall–Kier alpha value is -0.830. The minimum absolute atomic E-state index is 0.0206. The summed E-state index contributed by atoms with van der Waals surface area (Å²) in [7, 11) is 0. The van der Waals surface area contributed by atoms with E-state index in [4.69, 9.17) is 0 Å². The maximum Gasteiger partial charge on any atom is 0.221 e. The minimum Gasteiger partial charge on any atom is -0.318 e. The van der Waals surface area contributed by atoms with Gasteiger partial charge in [0.15, 0.2) is 0 Å². The van der Waals surface area contributed by atoms with Gasteiger partial charge in [0.05, 0.1) is 5.00 Å². The number of thiophene rings is 1. The van der Waals surface area contributed by atoms with Crippen molar-refractivity contribution in [1.82, 2.24) is 0 Å². The molecule has 1 N–H and O–H groups in total. The van der Waals surface area contributed by atoms with Crippen LogP contribution in [0.4, 0.5) is 5.00 Å². The predicted octanol–water partition coefficient (Wildman–Crippen LogP) is 2.89. The monoisotopic (exact) mass is 195 g/mol. The first-order chi connectivity index (χ1) is 6.16. The van der Waals surface area contributed by atoms with Crippen LogP contribution in [0.15, 0.2) is 6.07 Å². The Kier molecular flexibility index (Phi) is 2.12. The van der Waals surface area contributed by atoms with Crippen LogP contribution in [0.3, 0.4) is 0 Å². The lowest BCUT2D eigenvalue weighted by Gasteiger charge is -1.97. The molecule has 1 aliphatic rings. The van der Waals surface area contributed by atoms with E-state index in [0.717, 1.165) is 10.9 Å². The zero-order chi connectivity index (χ0) is 9.42. The molecule has 0 saturated heterocycles. The Morgan fingerprint density at radius 1 is 1.62 bits per heavy atom. The molecule has 2 rings (SSSR count). The molecular weight excluding hydrogens is 182 g/mol. The molecule has 0 unspecified atom stereocenters. The summed E-state index contributed by atoms with van der Waals surface area (Å²) in [5, 5.41) is 3.88. The number of carbonyl (C=O) groups is 1. The molecule has 1 heterocycles. The average molecular weight is 195 g/mol. The molecule has 0 atom stereocenters. The zero-order valence-corrected chi connectivity index (χ0v) is 8.70. The summed E-state index contributed by atoms with van der Waals surface area (Å²) in [4.78, 5) is 12.3. The lowest BCUT2D eigenvalue weighted by Crippen LogP contribution is -2.04. The van der Waals surface area contributed by atoms with Crippen molar-refractivity contribution >= 4 is 22.2 Å². The first kappa shape index (κ1) is 8.75. The predicted molar refractivity (Wildman–Crippen MR) is 55.3 cm³/mol. The maximum atomic E-state index is 10.9. The molecule has 3 heteroatoms. The first-order valence-electron chi connectivity index (χ1n) is 4.54. The molecule has 0 spiro atoms. The average Bonchev–Trinajstić information content (AvgIpc) is 2.79. The highest BCUT2D eigenvalue weighted by Crippen LogP contribution is 2.45. The van der Waals surface area contributed by atoms with Gasteiger partial charge in [-0.2, -0.15) is 0 Å². The molecule has 2 nitrogen and oxygen atoms in total. The van der Waals surface area contributed by atoms with Gasteiger partial charge >= 0.3 is 0 Å². The second-order valence-electron chi connectivity index (χ2n) is 3.62. The molecule has 0 aromatic carbocycles.